The van der Waals surface area contributed by atoms with E-state index in [1.54, 1.807) is 6.33 Å². The first-order valence-corrected chi connectivity index (χ1v) is 11.7. The van der Waals surface area contributed by atoms with Crippen molar-refractivity contribution in [2.24, 2.45) is 0 Å². The molecule has 3 heterocycles. The lowest BCUT2D eigenvalue weighted by atomic mass is 9.91. The Morgan fingerprint density at radius 1 is 0.967 bits per heavy atom. The van der Waals surface area contributed by atoms with Crippen molar-refractivity contribution in [2.75, 3.05) is 37.6 Å². The number of piperazine rings is 1. The first-order chi connectivity index (χ1) is 14.6. The lowest BCUT2D eigenvalue weighted by Crippen LogP contribution is -2.52. The topological polar surface area (TPSA) is 35.5 Å². The van der Waals surface area contributed by atoms with E-state index in [2.05, 4.69) is 53.7 Å². The van der Waals surface area contributed by atoms with Crippen molar-refractivity contribution >= 4 is 5.82 Å². The number of aryl methyl sites for hydroxylation is 2. The van der Waals surface area contributed by atoms with Gasteiger partial charge in [0.1, 0.15) is 12.1 Å². The predicted molar refractivity (Wildman–Crippen MR) is 122 cm³/mol. The molecule has 160 valence electrons. The molecule has 5 nitrogen and oxygen atoms in total. The highest BCUT2D eigenvalue weighted by Crippen LogP contribution is 2.32. The van der Waals surface area contributed by atoms with E-state index in [-0.39, 0.29) is 0 Å². The summed E-state index contributed by atoms with van der Waals surface area (Å²) < 4.78 is 0. The molecule has 2 aromatic rings. The van der Waals surface area contributed by atoms with E-state index >= 15 is 0 Å². The summed E-state index contributed by atoms with van der Waals surface area (Å²) in [7, 11) is 0. The van der Waals surface area contributed by atoms with Gasteiger partial charge in [0.25, 0.3) is 0 Å². The second kappa shape index (κ2) is 8.27. The summed E-state index contributed by atoms with van der Waals surface area (Å²) in [4.78, 5) is 17.2. The molecule has 0 amide bonds. The van der Waals surface area contributed by atoms with Crippen LogP contribution in [0.25, 0.3) is 0 Å². The van der Waals surface area contributed by atoms with Gasteiger partial charge in [0, 0.05) is 56.9 Å². The fraction of sp³-hybridized carbons (Fsp3) is 0.600. The monoisotopic (exact) mass is 405 g/mol. The summed E-state index contributed by atoms with van der Waals surface area (Å²) in [6, 6.07) is 8.15. The molecule has 1 saturated carbocycles. The first-order valence-electron chi connectivity index (χ1n) is 11.7. The summed E-state index contributed by atoms with van der Waals surface area (Å²) >= 11 is 0. The molecule has 5 heteroatoms. The molecule has 0 N–H and O–H groups in total. The summed E-state index contributed by atoms with van der Waals surface area (Å²) in [6.45, 7) is 13.3. The van der Waals surface area contributed by atoms with Crippen molar-refractivity contribution in [2.45, 2.75) is 65.1 Å². The van der Waals surface area contributed by atoms with Crippen LogP contribution in [-0.4, -0.2) is 58.5 Å². The molecule has 1 aliphatic carbocycles. The molecule has 1 aromatic carbocycles. The Bertz CT molecular complexity index is 898. The van der Waals surface area contributed by atoms with Crippen LogP contribution in [-0.2, 0) is 13.0 Å². The quantitative estimate of drug-likeness (QED) is 0.771. The van der Waals surface area contributed by atoms with Crippen molar-refractivity contribution in [3.8, 4) is 0 Å². The normalized spacial score (nSPS) is 21.9. The Morgan fingerprint density at radius 2 is 1.77 bits per heavy atom. The highest BCUT2D eigenvalue weighted by Gasteiger charge is 2.31. The molecule has 0 bridgehead atoms. The van der Waals surface area contributed by atoms with Crippen LogP contribution in [0, 0.1) is 13.8 Å². The third kappa shape index (κ3) is 3.74. The molecular weight excluding hydrogens is 370 g/mol. The zero-order chi connectivity index (χ0) is 20.7. The molecular formula is C25H35N5. The molecule has 2 fully saturated rings. The van der Waals surface area contributed by atoms with Gasteiger partial charge >= 0.3 is 0 Å². The lowest BCUT2D eigenvalue weighted by Gasteiger charge is -2.44. The van der Waals surface area contributed by atoms with Crippen LogP contribution in [0.2, 0.25) is 0 Å². The Labute approximate surface area is 181 Å². The third-order valence-electron chi connectivity index (χ3n) is 7.78. The van der Waals surface area contributed by atoms with Gasteiger partial charge in [0.05, 0.1) is 5.69 Å². The van der Waals surface area contributed by atoms with Crippen LogP contribution in [0.15, 0.2) is 24.5 Å². The molecule has 30 heavy (non-hydrogen) atoms. The van der Waals surface area contributed by atoms with Gasteiger partial charge in [-0.15, -0.1) is 0 Å². The zero-order valence-corrected chi connectivity index (χ0v) is 18.8. The number of benzene rings is 1. The minimum absolute atomic E-state index is 0.405. The molecule has 2 aliphatic heterocycles. The number of anilines is 1. The average Bonchev–Trinajstić information content (AvgIpc) is 2.74. The number of aromatic nitrogens is 2. The average molecular weight is 406 g/mol. The Morgan fingerprint density at radius 3 is 2.47 bits per heavy atom. The van der Waals surface area contributed by atoms with Gasteiger partial charge in [0.15, 0.2) is 0 Å². The molecule has 1 aromatic heterocycles. The maximum absolute atomic E-state index is 4.75. The fourth-order valence-corrected chi connectivity index (χ4v) is 5.25. The molecule has 0 spiro atoms. The molecule has 0 radical (unpaired) electrons. The standard InChI is InChI=1S/C25H35N5/c1-18-7-8-21(15-19(18)2)20(3)30-10-9-23-24(16-30)26-17-27-25(23)29-13-11-28(12-14-29)22-5-4-6-22/h7-8,15,17,20,22H,4-6,9-14,16H2,1-3H3. The molecule has 1 atom stereocenters. The van der Waals surface area contributed by atoms with Crippen LogP contribution < -0.4 is 4.90 Å². The second-order valence-corrected chi connectivity index (χ2v) is 9.47. The van der Waals surface area contributed by atoms with Crippen LogP contribution in [0.3, 0.4) is 0 Å². The van der Waals surface area contributed by atoms with E-state index in [0.29, 0.717) is 6.04 Å². The van der Waals surface area contributed by atoms with Gasteiger partial charge in [-0.2, -0.15) is 0 Å². The van der Waals surface area contributed by atoms with Crippen molar-refractivity contribution in [1.82, 2.24) is 19.8 Å². The van der Waals surface area contributed by atoms with Crippen LogP contribution in [0.1, 0.15) is 60.2 Å². The van der Waals surface area contributed by atoms with Crippen molar-refractivity contribution < 1.29 is 0 Å². The molecule has 1 unspecified atom stereocenters. The number of hydrogen-bond acceptors (Lipinski definition) is 5. The number of nitrogens with zero attached hydrogens (tertiary/aromatic N) is 5. The Hall–Kier alpha value is -1.98. The van der Waals surface area contributed by atoms with Crippen molar-refractivity contribution in [3.05, 3.63) is 52.5 Å². The second-order valence-electron chi connectivity index (χ2n) is 9.47. The van der Waals surface area contributed by atoms with Crippen LogP contribution in [0.4, 0.5) is 5.82 Å². The van der Waals surface area contributed by atoms with Crippen LogP contribution >= 0.6 is 0 Å². The van der Waals surface area contributed by atoms with E-state index in [0.717, 1.165) is 38.6 Å². The van der Waals surface area contributed by atoms with Gasteiger partial charge in [-0.1, -0.05) is 24.6 Å². The van der Waals surface area contributed by atoms with Gasteiger partial charge in [-0.3, -0.25) is 9.80 Å². The van der Waals surface area contributed by atoms with E-state index < -0.39 is 0 Å². The Kier molecular flexibility index (Phi) is 5.50. The highest BCUT2D eigenvalue weighted by molar-refractivity contribution is 5.50. The van der Waals surface area contributed by atoms with E-state index in [1.165, 1.54) is 66.1 Å². The summed E-state index contributed by atoms with van der Waals surface area (Å²) in [5.41, 5.74) is 6.76. The summed E-state index contributed by atoms with van der Waals surface area (Å²) in [5.74, 6) is 1.20. The SMILES string of the molecule is Cc1ccc(C(C)N2CCc3c(ncnc3N3CCN(C4CCC4)CC3)C2)cc1C. The third-order valence-corrected chi connectivity index (χ3v) is 7.78. The van der Waals surface area contributed by atoms with E-state index in [1.807, 2.05) is 0 Å². The van der Waals surface area contributed by atoms with Gasteiger partial charge in [0.2, 0.25) is 0 Å². The summed E-state index contributed by atoms with van der Waals surface area (Å²) in [6.07, 6.45) is 7.05. The number of fused-ring (bicyclic) bond motifs is 1. The first kappa shape index (κ1) is 20.0. The fourth-order valence-electron chi connectivity index (χ4n) is 5.25. The molecule has 1 saturated heterocycles. The summed E-state index contributed by atoms with van der Waals surface area (Å²) in [5, 5.41) is 0. The number of rotatable bonds is 4. The van der Waals surface area contributed by atoms with Gasteiger partial charge < -0.3 is 4.90 Å². The Balaban J connectivity index is 1.29. The maximum atomic E-state index is 4.75. The van der Waals surface area contributed by atoms with Gasteiger partial charge in [-0.25, -0.2) is 9.97 Å². The highest BCUT2D eigenvalue weighted by atomic mass is 15.3. The lowest BCUT2D eigenvalue weighted by molar-refractivity contribution is 0.120. The largest absolute Gasteiger partial charge is 0.354 e. The van der Waals surface area contributed by atoms with Crippen molar-refractivity contribution in [1.29, 1.82) is 0 Å². The van der Waals surface area contributed by atoms with Crippen LogP contribution in [0.5, 0.6) is 0 Å². The minimum atomic E-state index is 0.405. The molecule has 3 aliphatic rings. The van der Waals surface area contributed by atoms with Gasteiger partial charge in [-0.05, 0) is 56.7 Å². The molecule has 5 rings (SSSR count). The van der Waals surface area contributed by atoms with Crippen molar-refractivity contribution in [3.63, 3.8) is 0 Å². The van der Waals surface area contributed by atoms with E-state index in [4.69, 9.17) is 9.97 Å². The minimum Gasteiger partial charge on any atom is -0.354 e. The zero-order valence-electron chi connectivity index (χ0n) is 18.8. The van der Waals surface area contributed by atoms with E-state index in [9.17, 15) is 0 Å². The number of hydrogen-bond donors (Lipinski definition) is 0. The predicted octanol–water partition coefficient (Wildman–Crippen LogP) is 3.89. The maximum Gasteiger partial charge on any atom is 0.135 e. The smallest absolute Gasteiger partial charge is 0.135 e.